The first-order valence-electron chi connectivity index (χ1n) is 4.60. The van der Waals surface area contributed by atoms with Crippen molar-refractivity contribution >= 4 is 21.9 Å². The van der Waals surface area contributed by atoms with Crippen molar-refractivity contribution < 1.29 is 13.9 Å². The molecule has 0 aromatic heterocycles. The van der Waals surface area contributed by atoms with E-state index >= 15 is 0 Å². The number of esters is 1. The number of carbonyl (C=O) groups excluding carboxylic acids is 1. The second-order valence-corrected chi connectivity index (χ2v) is 3.49. The van der Waals surface area contributed by atoms with Crippen LogP contribution in [0, 0.1) is 17.1 Å². The first-order chi connectivity index (χ1) is 7.65. The summed E-state index contributed by atoms with van der Waals surface area (Å²) in [4.78, 5) is 11.5. The number of benzene rings is 1. The van der Waals surface area contributed by atoms with Gasteiger partial charge in [-0.1, -0.05) is 22.0 Å². The third-order valence-corrected chi connectivity index (χ3v) is 2.58. The minimum absolute atomic E-state index is 0.159. The van der Waals surface area contributed by atoms with Gasteiger partial charge < -0.3 is 4.74 Å². The number of ether oxygens (including phenoxy) is 1. The second kappa shape index (κ2) is 5.61. The van der Waals surface area contributed by atoms with Gasteiger partial charge in [-0.3, -0.25) is 0 Å². The van der Waals surface area contributed by atoms with E-state index in [1.807, 2.05) is 0 Å². The fourth-order valence-corrected chi connectivity index (χ4v) is 1.71. The zero-order valence-corrected chi connectivity index (χ0v) is 10.2. The Kier molecular flexibility index (Phi) is 4.44. The molecule has 1 aromatic rings. The Morgan fingerprint density at radius 3 is 2.81 bits per heavy atom. The molecular weight excluding hydrogens is 277 g/mol. The van der Waals surface area contributed by atoms with Crippen LogP contribution in [0.2, 0.25) is 0 Å². The van der Waals surface area contributed by atoms with E-state index in [0.717, 1.165) is 0 Å². The minimum Gasteiger partial charge on any atom is -0.462 e. The van der Waals surface area contributed by atoms with Gasteiger partial charge in [0.05, 0.1) is 12.2 Å². The van der Waals surface area contributed by atoms with Gasteiger partial charge in [0.15, 0.2) is 5.82 Å². The molecule has 0 aliphatic rings. The van der Waals surface area contributed by atoms with Gasteiger partial charge in [0.25, 0.3) is 0 Å². The molecule has 0 bridgehead atoms. The Labute approximate surface area is 101 Å². The summed E-state index contributed by atoms with van der Waals surface area (Å²) in [6.45, 7) is 1.80. The van der Waals surface area contributed by atoms with Crippen LogP contribution in [0.1, 0.15) is 28.4 Å². The molecule has 0 saturated carbocycles. The van der Waals surface area contributed by atoms with Crippen LogP contribution in [0.5, 0.6) is 0 Å². The number of hydrogen-bond acceptors (Lipinski definition) is 3. The number of halogens is 2. The van der Waals surface area contributed by atoms with Gasteiger partial charge in [0.1, 0.15) is 11.6 Å². The zero-order chi connectivity index (χ0) is 12.1. The molecule has 0 radical (unpaired) electrons. The molecule has 84 valence electrons. The molecule has 5 heteroatoms. The number of rotatable bonds is 3. The van der Waals surface area contributed by atoms with E-state index < -0.39 is 11.8 Å². The summed E-state index contributed by atoms with van der Waals surface area (Å²) in [7, 11) is 0. The molecule has 0 unspecified atom stereocenters. The maximum absolute atomic E-state index is 13.7. The molecule has 0 saturated heterocycles. The van der Waals surface area contributed by atoms with Gasteiger partial charge in [-0.25, -0.2) is 9.18 Å². The van der Waals surface area contributed by atoms with Crippen LogP contribution in [-0.4, -0.2) is 12.6 Å². The minimum atomic E-state index is -0.821. The molecule has 1 rings (SSSR count). The Morgan fingerprint density at radius 1 is 1.62 bits per heavy atom. The molecule has 0 aliphatic heterocycles. The molecule has 0 fully saturated rings. The predicted molar refractivity (Wildman–Crippen MR) is 59.7 cm³/mol. The lowest BCUT2D eigenvalue weighted by Crippen LogP contribution is -2.11. The molecular formula is C11H9BrFNO2. The maximum atomic E-state index is 13.7. The first kappa shape index (κ1) is 12.7. The van der Waals surface area contributed by atoms with E-state index in [2.05, 4.69) is 15.9 Å². The summed E-state index contributed by atoms with van der Waals surface area (Å²) < 4.78 is 18.5. The van der Waals surface area contributed by atoms with Gasteiger partial charge in [-0.05, 0) is 18.6 Å². The SMILES string of the molecule is CCOC(=O)c1c(CBr)ccc(C#N)c1F. The highest BCUT2D eigenvalue weighted by molar-refractivity contribution is 9.08. The normalized spacial score (nSPS) is 9.62. The van der Waals surface area contributed by atoms with Crippen molar-refractivity contribution in [2.75, 3.05) is 6.61 Å². The fourth-order valence-electron chi connectivity index (χ4n) is 1.24. The quantitative estimate of drug-likeness (QED) is 0.634. The lowest BCUT2D eigenvalue weighted by Gasteiger charge is -2.08. The summed E-state index contributed by atoms with van der Waals surface area (Å²) in [6.07, 6.45) is 0. The van der Waals surface area contributed by atoms with E-state index in [1.54, 1.807) is 13.0 Å². The second-order valence-electron chi connectivity index (χ2n) is 2.93. The van der Waals surface area contributed by atoms with Crippen LogP contribution in [0.3, 0.4) is 0 Å². The van der Waals surface area contributed by atoms with Gasteiger partial charge >= 0.3 is 5.97 Å². The average Bonchev–Trinajstić information content (AvgIpc) is 2.28. The van der Waals surface area contributed by atoms with Crippen molar-refractivity contribution in [3.63, 3.8) is 0 Å². The molecule has 16 heavy (non-hydrogen) atoms. The predicted octanol–water partition coefficient (Wildman–Crippen LogP) is 2.77. The van der Waals surface area contributed by atoms with Gasteiger partial charge in [0.2, 0.25) is 0 Å². The van der Waals surface area contributed by atoms with Gasteiger partial charge in [0, 0.05) is 5.33 Å². The Balaban J connectivity index is 3.33. The van der Waals surface area contributed by atoms with Crippen molar-refractivity contribution in [3.05, 3.63) is 34.6 Å². The highest BCUT2D eigenvalue weighted by atomic mass is 79.9. The highest BCUT2D eigenvalue weighted by Crippen LogP contribution is 2.20. The Hall–Kier alpha value is -1.41. The molecule has 0 amide bonds. The largest absolute Gasteiger partial charge is 0.462 e. The molecule has 0 N–H and O–H groups in total. The third kappa shape index (κ3) is 2.39. The van der Waals surface area contributed by atoms with Crippen LogP contribution in [0.15, 0.2) is 12.1 Å². The van der Waals surface area contributed by atoms with E-state index in [-0.39, 0.29) is 17.7 Å². The van der Waals surface area contributed by atoms with E-state index in [4.69, 9.17) is 10.00 Å². The van der Waals surface area contributed by atoms with Gasteiger partial charge in [-0.2, -0.15) is 5.26 Å². The smallest absolute Gasteiger partial charge is 0.341 e. The molecule has 3 nitrogen and oxygen atoms in total. The first-order valence-corrected chi connectivity index (χ1v) is 5.72. The van der Waals surface area contributed by atoms with Crippen molar-refractivity contribution in [3.8, 4) is 6.07 Å². The molecule has 0 aliphatic carbocycles. The third-order valence-electron chi connectivity index (χ3n) is 1.97. The fraction of sp³-hybridized carbons (Fsp3) is 0.273. The monoisotopic (exact) mass is 285 g/mol. The van der Waals surface area contributed by atoms with Crippen molar-refractivity contribution in [1.82, 2.24) is 0 Å². The summed E-state index contributed by atoms with van der Waals surface area (Å²) in [6, 6.07) is 4.56. The summed E-state index contributed by atoms with van der Waals surface area (Å²) in [5.41, 5.74) is 0.139. The summed E-state index contributed by atoms with van der Waals surface area (Å²) in [5.74, 6) is -1.57. The van der Waals surface area contributed by atoms with Crippen LogP contribution in [-0.2, 0) is 10.1 Å². The summed E-state index contributed by atoms with van der Waals surface area (Å²) >= 11 is 3.15. The lowest BCUT2D eigenvalue weighted by atomic mass is 10.0. The molecule has 1 aromatic carbocycles. The molecule has 0 heterocycles. The number of carbonyl (C=O) groups is 1. The average molecular weight is 286 g/mol. The lowest BCUT2D eigenvalue weighted by molar-refractivity contribution is 0.0520. The molecule has 0 atom stereocenters. The van der Waals surface area contributed by atoms with Crippen molar-refractivity contribution in [2.24, 2.45) is 0 Å². The van der Waals surface area contributed by atoms with Gasteiger partial charge in [-0.15, -0.1) is 0 Å². The topological polar surface area (TPSA) is 50.1 Å². The van der Waals surface area contributed by atoms with Crippen LogP contribution in [0.25, 0.3) is 0 Å². The number of nitriles is 1. The standard InChI is InChI=1S/C11H9BrFNO2/c1-2-16-11(15)9-7(5-12)3-4-8(6-14)10(9)13/h3-4H,2,5H2,1H3. The Bertz CT molecular complexity index is 454. The highest BCUT2D eigenvalue weighted by Gasteiger charge is 2.20. The Morgan fingerprint density at radius 2 is 2.31 bits per heavy atom. The van der Waals surface area contributed by atoms with Crippen molar-refractivity contribution in [1.29, 1.82) is 5.26 Å². The number of hydrogen-bond donors (Lipinski definition) is 0. The summed E-state index contributed by atoms with van der Waals surface area (Å²) in [5, 5.41) is 8.99. The zero-order valence-electron chi connectivity index (χ0n) is 8.59. The number of nitrogens with zero attached hydrogens (tertiary/aromatic N) is 1. The van der Waals surface area contributed by atoms with Crippen LogP contribution < -0.4 is 0 Å². The van der Waals surface area contributed by atoms with E-state index in [1.165, 1.54) is 12.1 Å². The molecule has 0 spiro atoms. The van der Waals surface area contributed by atoms with E-state index in [9.17, 15) is 9.18 Å². The van der Waals surface area contributed by atoms with Crippen LogP contribution in [0.4, 0.5) is 4.39 Å². The maximum Gasteiger partial charge on any atom is 0.341 e. The van der Waals surface area contributed by atoms with Crippen molar-refractivity contribution in [2.45, 2.75) is 12.3 Å². The number of alkyl halides is 1. The van der Waals surface area contributed by atoms with Crippen LogP contribution >= 0.6 is 15.9 Å². The van der Waals surface area contributed by atoms with E-state index in [0.29, 0.717) is 10.9 Å².